The molecule has 3 rings (SSSR count). The van der Waals surface area contributed by atoms with Crippen LogP contribution in [-0.2, 0) is 19.4 Å². The number of H-pyrrole nitrogens is 1. The Bertz CT molecular complexity index is 801. The fourth-order valence-electron chi connectivity index (χ4n) is 3.09. The number of carbonyl (C=O) groups excluding carboxylic acids is 1. The van der Waals surface area contributed by atoms with E-state index in [1.54, 1.807) is 6.07 Å². The van der Waals surface area contributed by atoms with Gasteiger partial charge in [0.2, 0.25) is 0 Å². The van der Waals surface area contributed by atoms with Crippen LogP contribution in [0, 0.1) is 0 Å². The topological polar surface area (TPSA) is 74.0 Å². The molecule has 1 aromatic carbocycles. The first-order chi connectivity index (χ1) is 11.7. The SMILES string of the molecule is CCNCc1ccccc1NC(=O)c1cc2c([nH]c1=O)CCCC2.Cl. The second-order valence-electron chi connectivity index (χ2n) is 6.11. The Labute approximate surface area is 153 Å². The van der Waals surface area contributed by atoms with Crippen LogP contribution in [0.1, 0.15) is 46.9 Å². The van der Waals surface area contributed by atoms with Crippen LogP contribution in [-0.4, -0.2) is 17.4 Å². The molecule has 134 valence electrons. The average molecular weight is 362 g/mol. The summed E-state index contributed by atoms with van der Waals surface area (Å²) in [6, 6.07) is 9.40. The normalized spacial score (nSPS) is 12.8. The zero-order valence-electron chi connectivity index (χ0n) is 14.4. The molecule has 6 heteroatoms. The van der Waals surface area contributed by atoms with E-state index in [1.165, 1.54) is 0 Å². The van der Waals surface area contributed by atoms with Crippen molar-refractivity contribution in [2.75, 3.05) is 11.9 Å². The number of para-hydroxylation sites is 1. The number of hydrogen-bond donors (Lipinski definition) is 3. The monoisotopic (exact) mass is 361 g/mol. The molecular weight excluding hydrogens is 338 g/mol. The number of aromatic amines is 1. The second kappa shape index (κ2) is 8.83. The molecule has 1 heterocycles. The van der Waals surface area contributed by atoms with Gasteiger partial charge in [-0.15, -0.1) is 12.4 Å². The zero-order chi connectivity index (χ0) is 16.9. The first-order valence-corrected chi connectivity index (χ1v) is 8.54. The van der Waals surface area contributed by atoms with Crippen molar-refractivity contribution in [3.8, 4) is 0 Å². The number of benzene rings is 1. The van der Waals surface area contributed by atoms with Crippen LogP contribution in [0.5, 0.6) is 0 Å². The van der Waals surface area contributed by atoms with E-state index in [0.717, 1.165) is 54.7 Å². The van der Waals surface area contributed by atoms with Crippen molar-refractivity contribution >= 4 is 24.0 Å². The molecule has 1 aliphatic rings. The average Bonchev–Trinajstić information content (AvgIpc) is 2.60. The van der Waals surface area contributed by atoms with Gasteiger partial charge in [-0.05, 0) is 55.5 Å². The van der Waals surface area contributed by atoms with E-state index in [9.17, 15) is 9.59 Å². The molecule has 3 N–H and O–H groups in total. The number of hydrogen-bond acceptors (Lipinski definition) is 3. The van der Waals surface area contributed by atoms with E-state index in [1.807, 2.05) is 31.2 Å². The summed E-state index contributed by atoms with van der Waals surface area (Å²) < 4.78 is 0. The summed E-state index contributed by atoms with van der Waals surface area (Å²) in [4.78, 5) is 27.7. The van der Waals surface area contributed by atoms with Crippen LogP contribution in [0.4, 0.5) is 5.69 Å². The molecule has 5 nitrogen and oxygen atoms in total. The standard InChI is InChI=1S/C19H23N3O2.ClH/c1-2-20-12-14-8-4-6-10-17(14)22-19(24)15-11-13-7-3-5-9-16(13)21-18(15)23;/h4,6,8,10-11,20H,2-3,5,7,9,12H2,1H3,(H,21,23)(H,22,24);1H. The van der Waals surface area contributed by atoms with Gasteiger partial charge in [0.15, 0.2) is 0 Å². The van der Waals surface area contributed by atoms with Crippen molar-refractivity contribution in [2.45, 2.75) is 39.2 Å². The summed E-state index contributed by atoms with van der Waals surface area (Å²) in [5, 5.41) is 6.14. The predicted molar refractivity (Wildman–Crippen MR) is 103 cm³/mol. The lowest BCUT2D eigenvalue weighted by molar-refractivity contribution is 0.102. The highest BCUT2D eigenvalue weighted by Gasteiger charge is 2.17. The van der Waals surface area contributed by atoms with Gasteiger partial charge in [0, 0.05) is 17.9 Å². The summed E-state index contributed by atoms with van der Waals surface area (Å²) in [5.74, 6) is -0.353. The summed E-state index contributed by atoms with van der Waals surface area (Å²) in [7, 11) is 0. The highest BCUT2D eigenvalue weighted by molar-refractivity contribution is 6.04. The van der Waals surface area contributed by atoms with Crippen molar-refractivity contribution < 1.29 is 4.79 Å². The lowest BCUT2D eigenvalue weighted by atomic mass is 9.95. The minimum absolute atomic E-state index is 0. The van der Waals surface area contributed by atoms with E-state index in [0.29, 0.717) is 6.54 Å². The lowest BCUT2D eigenvalue weighted by Crippen LogP contribution is -2.26. The van der Waals surface area contributed by atoms with Crippen molar-refractivity contribution in [1.29, 1.82) is 0 Å². The summed E-state index contributed by atoms with van der Waals surface area (Å²) >= 11 is 0. The minimum Gasteiger partial charge on any atom is -0.325 e. The predicted octanol–water partition coefficient (Wildman–Crippen LogP) is 3.04. The Morgan fingerprint density at radius 1 is 1.20 bits per heavy atom. The molecule has 2 aromatic rings. The summed E-state index contributed by atoms with van der Waals surface area (Å²) in [5.41, 5.74) is 3.69. The van der Waals surface area contributed by atoms with Gasteiger partial charge in [0.25, 0.3) is 11.5 Å². The molecular formula is C19H24ClN3O2. The maximum Gasteiger partial charge on any atom is 0.261 e. The summed E-state index contributed by atoms with van der Waals surface area (Å²) in [6.07, 6.45) is 4.00. The Morgan fingerprint density at radius 2 is 1.96 bits per heavy atom. The first-order valence-electron chi connectivity index (χ1n) is 8.54. The molecule has 0 atom stereocenters. The van der Waals surface area contributed by atoms with Crippen LogP contribution in [0.25, 0.3) is 0 Å². The number of aryl methyl sites for hydroxylation is 2. The number of pyridine rings is 1. The van der Waals surface area contributed by atoms with Crippen LogP contribution in [0.3, 0.4) is 0 Å². The molecule has 0 saturated carbocycles. The molecule has 0 saturated heterocycles. The number of halogens is 1. The van der Waals surface area contributed by atoms with E-state index in [4.69, 9.17) is 0 Å². The van der Waals surface area contributed by atoms with E-state index < -0.39 is 0 Å². The maximum absolute atomic E-state index is 12.6. The van der Waals surface area contributed by atoms with Gasteiger partial charge in [-0.2, -0.15) is 0 Å². The Kier molecular flexibility index (Phi) is 6.79. The van der Waals surface area contributed by atoms with Crippen molar-refractivity contribution in [3.05, 3.63) is 63.1 Å². The van der Waals surface area contributed by atoms with E-state index >= 15 is 0 Å². The van der Waals surface area contributed by atoms with Crippen LogP contribution in [0.2, 0.25) is 0 Å². The third-order valence-corrected chi connectivity index (χ3v) is 4.41. The second-order valence-corrected chi connectivity index (χ2v) is 6.11. The van der Waals surface area contributed by atoms with Crippen LogP contribution >= 0.6 is 12.4 Å². The van der Waals surface area contributed by atoms with E-state index in [2.05, 4.69) is 15.6 Å². The van der Waals surface area contributed by atoms with Gasteiger partial charge in [0.1, 0.15) is 5.56 Å². The number of carbonyl (C=O) groups is 1. The van der Waals surface area contributed by atoms with E-state index in [-0.39, 0.29) is 29.4 Å². The molecule has 1 aromatic heterocycles. The molecule has 1 amide bonds. The molecule has 0 fully saturated rings. The molecule has 1 aliphatic carbocycles. The van der Waals surface area contributed by atoms with Gasteiger partial charge >= 0.3 is 0 Å². The van der Waals surface area contributed by atoms with Crippen LogP contribution in [0.15, 0.2) is 35.1 Å². The number of nitrogens with one attached hydrogen (secondary N) is 3. The molecule has 0 spiro atoms. The number of aromatic nitrogens is 1. The fraction of sp³-hybridized carbons (Fsp3) is 0.368. The quantitative estimate of drug-likeness (QED) is 0.766. The van der Waals surface area contributed by atoms with Crippen molar-refractivity contribution in [1.82, 2.24) is 10.3 Å². The largest absolute Gasteiger partial charge is 0.325 e. The molecule has 0 radical (unpaired) electrons. The number of fused-ring (bicyclic) bond motifs is 1. The number of amides is 1. The molecule has 0 bridgehead atoms. The highest BCUT2D eigenvalue weighted by atomic mass is 35.5. The Hall–Kier alpha value is -2.11. The van der Waals surface area contributed by atoms with Crippen molar-refractivity contribution in [3.63, 3.8) is 0 Å². The van der Waals surface area contributed by atoms with Gasteiger partial charge in [-0.3, -0.25) is 9.59 Å². The van der Waals surface area contributed by atoms with Gasteiger partial charge in [-0.25, -0.2) is 0 Å². The Morgan fingerprint density at radius 3 is 2.76 bits per heavy atom. The lowest BCUT2D eigenvalue weighted by Gasteiger charge is -2.16. The third-order valence-electron chi connectivity index (χ3n) is 4.41. The van der Waals surface area contributed by atoms with Gasteiger partial charge in [0.05, 0.1) is 0 Å². The fourth-order valence-corrected chi connectivity index (χ4v) is 3.09. The maximum atomic E-state index is 12.6. The van der Waals surface area contributed by atoms with Gasteiger partial charge in [-0.1, -0.05) is 25.1 Å². The smallest absolute Gasteiger partial charge is 0.261 e. The number of rotatable bonds is 5. The zero-order valence-corrected chi connectivity index (χ0v) is 15.2. The third kappa shape index (κ3) is 4.50. The molecule has 25 heavy (non-hydrogen) atoms. The minimum atomic E-state index is -0.353. The van der Waals surface area contributed by atoms with Gasteiger partial charge < -0.3 is 15.6 Å². The highest BCUT2D eigenvalue weighted by Crippen LogP contribution is 2.20. The summed E-state index contributed by atoms with van der Waals surface area (Å²) in [6.45, 7) is 3.56. The molecule has 0 unspecified atom stereocenters. The number of anilines is 1. The first kappa shape index (κ1) is 19.2. The van der Waals surface area contributed by atoms with Crippen LogP contribution < -0.4 is 16.2 Å². The molecule has 0 aliphatic heterocycles. The van der Waals surface area contributed by atoms with Crippen molar-refractivity contribution in [2.24, 2.45) is 0 Å². The Balaban J connectivity index is 0.00000225.